The van der Waals surface area contributed by atoms with Crippen LogP contribution in [0.4, 0.5) is 11.4 Å². The maximum absolute atomic E-state index is 11.2. The van der Waals surface area contributed by atoms with Gasteiger partial charge in [0.15, 0.2) is 0 Å². The normalized spacial score (nSPS) is 17.0. The zero-order chi connectivity index (χ0) is 22.9. The van der Waals surface area contributed by atoms with E-state index in [-0.39, 0.29) is 11.4 Å². The van der Waals surface area contributed by atoms with Crippen molar-refractivity contribution in [2.24, 2.45) is 0 Å². The van der Waals surface area contributed by atoms with Crippen molar-refractivity contribution in [1.29, 1.82) is 0 Å². The molecular weight excluding hydrogens is 416 g/mol. The summed E-state index contributed by atoms with van der Waals surface area (Å²) in [5.41, 5.74) is 2.14. The lowest BCUT2D eigenvalue weighted by Crippen LogP contribution is -2.38. The van der Waals surface area contributed by atoms with Crippen molar-refractivity contribution < 1.29 is 24.1 Å². The van der Waals surface area contributed by atoms with Crippen LogP contribution in [0.3, 0.4) is 0 Å². The van der Waals surface area contributed by atoms with E-state index in [0.717, 1.165) is 0 Å². The Hall–Kier alpha value is -4.24. The highest BCUT2D eigenvalue weighted by Gasteiger charge is 2.43. The van der Waals surface area contributed by atoms with E-state index >= 15 is 0 Å². The fourth-order valence-electron chi connectivity index (χ4n) is 3.65. The molecule has 32 heavy (non-hydrogen) atoms. The maximum atomic E-state index is 11.2. The minimum Gasteiger partial charge on any atom is -0.497 e. The third kappa shape index (κ3) is 3.54. The van der Waals surface area contributed by atoms with Crippen LogP contribution >= 0.6 is 0 Å². The monoisotopic (exact) mass is 434 g/mol. The van der Waals surface area contributed by atoms with Gasteiger partial charge in [0.05, 0.1) is 17.0 Å². The molecule has 0 fully saturated rings. The van der Waals surface area contributed by atoms with E-state index in [1.807, 2.05) is 0 Å². The van der Waals surface area contributed by atoms with Gasteiger partial charge >= 0.3 is 0 Å². The molecule has 0 bridgehead atoms. The Bertz CT molecular complexity index is 1220. The van der Waals surface area contributed by atoms with Crippen LogP contribution in [-0.2, 0) is 10.5 Å². The molecule has 0 aliphatic carbocycles. The highest BCUT2D eigenvalue weighted by atomic mass is 16.7. The molecule has 0 radical (unpaired) electrons. The number of methoxy groups -OCH3 is 2. The van der Waals surface area contributed by atoms with Crippen molar-refractivity contribution in [3.63, 3.8) is 0 Å². The van der Waals surface area contributed by atoms with Gasteiger partial charge in [-0.25, -0.2) is 0 Å². The van der Waals surface area contributed by atoms with Crippen LogP contribution in [0.5, 0.6) is 11.5 Å². The van der Waals surface area contributed by atoms with E-state index in [4.69, 9.17) is 14.2 Å². The number of fused-ring (bicyclic) bond motifs is 1. The summed E-state index contributed by atoms with van der Waals surface area (Å²) in [4.78, 5) is 21.4. The molecule has 0 amide bonds. The minimum absolute atomic E-state index is 0.0606. The van der Waals surface area contributed by atoms with E-state index in [1.165, 1.54) is 37.4 Å². The molecule has 1 atom stereocenters. The van der Waals surface area contributed by atoms with Gasteiger partial charge in [0.1, 0.15) is 11.5 Å². The zero-order valence-corrected chi connectivity index (χ0v) is 17.2. The first kappa shape index (κ1) is 21.0. The Balaban J connectivity index is 1.93. The lowest BCUT2D eigenvalue weighted by Gasteiger charge is -2.39. The largest absolute Gasteiger partial charge is 0.497 e. The second kappa shape index (κ2) is 8.12. The summed E-state index contributed by atoms with van der Waals surface area (Å²) in [7, 11) is 3.05. The Labute approximate surface area is 182 Å². The summed E-state index contributed by atoms with van der Waals surface area (Å²) in [5.74, 6) is -0.349. The smallest absolute Gasteiger partial charge is 0.270 e. The van der Waals surface area contributed by atoms with Crippen molar-refractivity contribution in [1.82, 2.24) is 0 Å². The molecule has 0 N–H and O–H groups in total. The molecule has 1 aliphatic rings. The molecule has 3 aromatic rings. The van der Waals surface area contributed by atoms with Gasteiger partial charge in [0, 0.05) is 48.1 Å². The number of ether oxygens (including phenoxy) is 3. The summed E-state index contributed by atoms with van der Waals surface area (Å²) < 4.78 is 17.5. The molecule has 3 aromatic carbocycles. The molecule has 0 aromatic heterocycles. The van der Waals surface area contributed by atoms with E-state index in [2.05, 4.69) is 0 Å². The molecule has 4 rings (SSSR count). The predicted octanol–water partition coefficient (Wildman–Crippen LogP) is 4.94. The van der Waals surface area contributed by atoms with E-state index < -0.39 is 15.6 Å². The lowest BCUT2D eigenvalue weighted by atomic mass is 9.87. The van der Waals surface area contributed by atoms with E-state index in [9.17, 15) is 20.2 Å². The quantitative estimate of drug-likeness (QED) is 0.398. The second-order valence-electron chi connectivity index (χ2n) is 6.99. The van der Waals surface area contributed by atoms with Gasteiger partial charge in [-0.3, -0.25) is 20.2 Å². The summed E-state index contributed by atoms with van der Waals surface area (Å²) in [6.45, 7) is 0. The van der Waals surface area contributed by atoms with Crippen LogP contribution in [-0.4, -0.2) is 24.1 Å². The molecule has 0 spiro atoms. The number of non-ortho nitro benzene ring substituents is 2. The SMILES string of the molecule is COc1ccc(C2(OC)Oc3ccc([N+](=O)[O-])cc3C=C2c2ccc([N+](=O)[O-])cc2)cc1. The first-order valence-electron chi connectivity index (χ1n) is 9.52. The Kier molecular flexibility index (Phi) is 5.33. The molecular formula is C23H18N2O7. The zero-order valence-electron chi connectivity index (χ0n) is 17.2. The van der Waals surface area contributed by atoms with Gasteiger partial charge in [0.2, 0.25) is 0 Å². The molecule has 0 saturated carbocycles. The topological polar surface area (TPSA) is 114 Å². The summed E-state index contributed by atoms with van der Waals surface area (Å²) in [6, 6.07) is 17.3. The van der Waals surface area contributed by atoms with Crippen LogP contribution in [0.15, 0.2) is 66.7 Å². The van der Waals surface area contributed by atoms with Crippen LogP contribution in [0.1, 0.15) is 16.7 Å². The van der Waals surface area contributed by atoms with Crippen LogP contribution in [0.25, 0.3) is 11.6 Å². The van der Waals surface area contributed by atoms with Gasteiger partial charge in [-0.2, -0.15) is 0 Å². The Morgan fingerprint density at radius 1 is 0.844 bits per heavy atom. The summed E-state index contributed by atoms with van der Waals surface area (Å²) in [5, 5.41) is 22.3. The number of rotatable bonds is 6. The standard InChI is InChI=1S/C23H18N2O7/c1-30-20-10-5-17(6-11-20)23(31-2)21(15-3-7-18(8-4-15)24(26)27)14-16-13-19(25(28)29)9-12-22(16)32-23/h3-14H,1-2H3. The van der Waals surface area contributed by atoms with E-state index in [0.29, 0.717) is 33.8 Å². The summed E-state index contributed by atoms with van der Waals surface area (Å²) in [6.07, 6.45) is 1.74. The number of hydrogen-bond donors (Lipinski definition) is 0. The van der Waals surface area contributed by atoms with Crippen LogP contribution in [0, 0.1) is 20.2 Å². The predicted molar refractivity (Wildman–Crippen MR) is 116 cm³/mol. The third-order valence-corrected chi connectivity index (χ3v) is 5.26. The van der Waals surface area contributed by atoms with Crippen LogP contribution < -0.4 is 9.47 Å². The number of nitrogens with zero attached hydrogens (tertiary/aromatic N) is 2. The fourth-order valence-corrected chi connectivity index (χ4v) is 3.65. The van der Waals surface area contributed by atoms with Crippen LogP contribution in [0.2, 0.25) is 0 Å². The van der Waals surface area contributed by atoms with Crippen molar-refractivity contribution in [3.05, 3.63) is 104 Å². The number of benzene rings is 3. The highest BCUT2D eigenvalue weighted by molar-refractivity contribution is 5.90. The molecule has 1 unspecified atom stereocenters. The van der Waals surface area contributed by atoms with Crippen molar-refractivity contribution in [3.8, 4) is 11.5 Å². The molecule has 0 saturated heterocycles. The Morgan fingerprint density at radius 3 is 2.03 bits per heavy atom. The average Bonchev–Trinajstić information content (AvgIpc) is 2.82. The van der Waals surface area contributed by atoms with Gasteiger partial charge in [-0.05, 0) is 54.1 Å². The first-order valence-corrected chi connectivity index (χ1v) is 9.52. The highest BCUT2D eigenvalue weighted by Crippen LogP contribution is 2.48. The second-order valence-corrected chi connectivity index (χ2v) is 6.99. The fraction of sp³-hybridized carbons (Fsp3) is 0.130. The molecule has 9 heteroatoms. The molecule has 9 nitrogen and oxygen atoms in total. The molecule has 162 valence electrons. The lowest BCUT2D eigenvalue weighted by molar-refractivity contribution is -0.385. The van der Waals surface area contributed by atoms with E-state index in [1.54, 1.807) is 49.6 Å². The van der Waals surface area contributed by atoms with Crippen molar-refractivity contribution >= 4 is 23.0 Å². The molecule has 1 heterocycles. The van der Waals surface area contributed by atoms with Gasteiger partial charge in [-0.1, -0.05) is 0 Å². The Morgan fingerprint density at radius 2 is 1.47 bits per heavy atom. The number of nitro benzene ring substituents is 2. The first-order chi connectivity index (χ1) is 15.4. The maximum Gasteiger partial charge on any atom is 0.270 e. The minimum atomic E-state index is -1.40. The number of hydrogen-bond acceptors (Lipinski definition) is 7. The van der Waals surface area contributed by atoms with Gasteiger partial charge in [0.25, 0.3) is 17.2 Å². The number of nitro groups is 2. The van der Waals surface area contributed by atoms with Gasteiger partial charge in [-0.15, -0.1) is 0 Å². The van der Waals surface area contributed by atoms with Gasteiger partial charge < -0.3 is 14.2 Å². The van der Waals surface area contributed by atoms with Crippen molar-refractivity contribution in [2.45, 2.75) is 5.79 Å². The summed E-state index contributed by atoms with van der Waals surface area (Å²) >= 11 is 0. The molecule has 1 aliphatic heterocycles. The van der Waals surface area contributed by atoms with Crippen molar-refractivity contribution in [2.75, 3.05) is 14.2 Å². The average molecular weight is 434 g/mol. The third-order valence-electron chi connectivity index (χ3n) is 5.26.